The second-order valence-electron chi connectivity index (χ2n) is 10.6. The predicted molar refractivity (Wildman–Crippen MR) is 133 cm³/mol. The molecule has 0 radical (unpaired) electrons. The molecule has 3 rings (SSSR count). The molecular weight excluding hydrogens is 396 g/mol. The average molecular weight is 437 g/mol. The molecule has 0 aliphatic carbocycles. The molecule has 0 unspecified atom stereocenters. The molecule has 1 aliphatic heterocycles. The fourth-order valence-corrected chi connectivity index (χ4v) is 4.88. The first-order valence-corrected chi connectivity index (χ1v) is 12.0. The van der Waals surface area contributed by atoms with Crippen molar-refractivity contribution in [3.05, 3.63) is 41.1 Å². The second-order valence-corrected chi connectivity index (χ2v) is 10.6. The predicted octanol–water partition coefficient (Wildman–Crippen LogP) is 5.43. The fourth-order valence-electron chi connectivity index (χ4n) is 4.88. The van der Waals surface area contributed by atoms with Crippen LogP contribution in [0.1, 0.15) is 64.3 Å². The molecule has 0 bridgehead atoms. The summed E-state index contributed by atoms with van der Waals surface area (Å²) in [7, 11) is 0. The summed E-state index contributed by atoms with van der Waals surface area (Å²) in [4.78, 5) is 27.1. The van der Waals surface area contributed by atoms with Gasteiger partial charge in [0.25, 0.3) is 0 Å². The van der Waals surface area contributed by atoms with Crippen molar-refractivity contribution in [3.63, 3.8) is 0 Å². The van der Waals surface area contributed by atoms with Crippen LogP contribution in [0.15, 0.2) is 24.3 Å². The molecule has 2 aromatic rings. The number of hydrogen-bond acceptors (Lipinski definition) is 4. The molecule has 1 atom stereocenters. The highest BCUT2D eigenvalue weighted by Gasteiger charge is 2.26. The van der Waals surface area contributed by atoms with E-state index >= 15 is 0 Å². The van der Waals surface area contributed by atoms with Crippen LogP contribution >= 0.6 is 0 Å². The summed E-state index contributed by atoms with van der Waals surface area (Å²) in [5, 5.41) is 0. The van der Waals surface area contributed by atoms with Crippen molar-refractivity contribution in [2.75, 3.05) is 31.1 Å². The summed E-state index contributed by atoms with van der Waals surface area (Å²) >= 11 is 0. The quantitative estimate of drug-likeness (QED) is 0.605. The lowest BCUT2D eigenvalue weighted by atomic mass is 9.84. The SMILES string of the molecule is CCc1c(C)nc(-c2cccc(C)c2)nc1N1CCN(C(=O)C[C@@H](C)CC(C)(C)C)CC1. The number of aryl methyl sites for hydroxylation is 2. The molecule has 1 fully saturated rings. The lowest BCUT2D eigenvalue weighted by Crippen LogP contribution is -2.49. The lowest BCUT2D eigenvalue weighted by molar-refractivity contribution is -0.132. The Labute approximate surface area is 194 Å². The van der Waals surface area contributed by atoms with Crippen LogP contribution in [0, 0.1) is 25.2 Å². The minimum absolute atomic E-state index is 0.259. The Morgan fingerprint density at radius 2 is 1.78 bits per heavy atom. The first kappa shape index (κ1) is 24.2. The number of rotatable bonds is 6. The third kappa shape index (κ3) is 6.08. The zero-order valence-electron chi connectivity index (χ0n) is 21.0. The van der Waals surface area contributed by atoms with E-state index in [1.807, 2.05) is 4.90 Å². The molecular formula is C27H40N4O. The zero-order chi connectivity index (χ0) is 23.5. The second kappa shape index (κ2) is 10.0. The monoisotopic (exact) mass is 436 g/mol. The van der Waals surface area contributed by atoms with Crippen LogP contribution in [-0.2, 0) is 11.2 Å². The Balaban J connectivity index is 1.72. The Kier molecular flexibility index (Phi) is 7.58. The van der Waals surface area contributed by atoms with Gasteiger partial charge in [0.2, 0.25) is 5.91 Å². The molecule has 1 saturated heterocycles. The highest BCUT2D eigenvalue weighted by molar-refractivity contribution is 5.76. The number of piperazine rings is 1. The summed E-state index contributed by atoms with van der Waals surface area (Å²) in [6.45, 7) is 18.4. The Bertz CT molecular complexity index is 939. The maximum atomic E-state index is 12.9. The molecule has 174 valence electrons. The maximum absolute atomic E-state index is 12.9. The van der Waals surface area contributed by atoms with E-state index in [-0.39, 0.29) is 11.3 Å². The average Bonchev–Trinajstić information content (AvgIpc) is 2.71. The Morgan fingerprint density at radius 1 is 1.09 bits per heavy atom. The van der Waals surface area contributed by atoms with Crippen molar-refractivity contribution in [1.82, 2.24) is 14.9 Å². The number of amides is 1. The molecule has 5 heteroatoms. The van der Waals surface area contributed by atoms with E-state index in [4.69, 9.17) is 9.97 Å². The van der Waals surface area contributed by atoms with Gasteiger partial charge >= 0.3 is 0 Å². The highest BCUT2D eigenvalue weighted by atomic mass is 16.2. The summed E-state index contributed by atoms with van der Waals surface area (Å²) in [5.41, 5.74) is 4.77. The van der Waals surface area contributed by atoms with E-state index in [2.05, 4.69) is 77.6 Å². The van der Waals surface area contributed by atoms with Gasteiger partial charge < -0.3 is 9.80 Å². The number of benzene rings is 1. The van der Waals surface area contributed by atoms with Crippen LogP contribution in [0.2, 0.25) is 0 Å². The number of anilines is 1. The highest BCUT2D eigenvalue weighted by Crippen LogP contribution is 2.28. The van der Waals surface area contributed by atoms with E-state index in [1.165, 1.54) is 11.1 Å². The smallest absolute Gasteiger partial charge is 0.222 e. The normalized spacial score (nSPS) is 15.7. The molecule has 1 amide bonds. The molecule has 2 heterocycles. The number of aromatic nitrogens is 2. The van der Waals surface area contributed by atoms with Crippen LogP contribution in [0.25, 0.3) is 11.4 Å². The molecule has 0 N–H and O–H groups in total. The molecule has 1 aromatic carbocycles. The van der Waals surface area contributed by atoms with Gasteiger partial charge in [-0.2, -0.15) is 0 Å². The molecule has 1 aromatic heterocycles. The molecule has 5 nitrogen and oxygen atoms in total. The van der Waals surface area contributed by atoms with Gasteiger partial charge in [0.15, 0.2) is 5.82 Å². The summed E-state index contributed by atoms with van der Waals surface area (Å²) < 4.78 is 0. The standard InChI is InChI=1S/C27H40N4O/c1-8-23-21(4)28-25(22-11-9-10-19(2)16-22)29-26(23)31-14-12-30(13-15-31)24(32)17-20(3)18-27(5,6)7/h9-11,16,20H,8,12-15,17-18H2,1-7H3/t20-/m1/s1. The van der Waals surface area contributed by atoms with E-state index < -0.39 is 0 Å². The largest absolute Gasteiger partial charge is 0.353 e. The lowest BCUT2D eigenvalue weighted by Gasteiger charge is -2.37. The molecule has 0 spiro atoms. The van der Waals surface area contributed by atoms with Crippen LogP contribution in [-0.4, -0.2) is 47.0 Å². The van der Waals surface area contributed by atoms with E-state index in [1.54, 1.807) is 0 Å². The van der Waals surface area contributed by atoms with Crippen molar-refractivity contribution in [2.24, 2.45) is 11.3 Å². The number of carbonyl (C=O) groups is 1. The third-order valence-corrected chi connectivity index (χ3v) is 6.24. The van der Waals surface area contributed by atoms with Gasteiger partial charge in [-0.1, -0.05) is 58.4 Å². The van der Waals surface area contributed by atoms with Crippen LogP contribution in [0.5, 0.6) is 0 Å². The fraction of sp³-hybridized carbons (Fsp3) is 0.593. The van der Waals surface area contributed by atoms with Crippen LogP contribution in [0.4, 0.5) is 5.82 Å². The van der Waals surface area contributed by atoms with Crippen molar-refractivity contribution < 1.29 is 4.79 Å². The summed E-state index contributed by atoms with van der Waals surface area (Å²) in [6.07, 6.45) is 2.61. The molecule has 32 heavy (non-hydrogen) atoms. The molecule has 0 saturated carbocycles. The van der Waals surface area contributed by atoms with Crippen LogP contribution in [0.3, 0.4) is 0 Å². The number of hydrogen-bond donors (Lipinski definition) is 0. The van der Waals surface area contributed by atoms with E-state index in [0.717, 1.165) is 61.9 Å². The van der Waals surface area contributed by atoms with E-state index in [9.17, 15) is 4.79 Å². The van der Waals surface area contributed by atoms with Gasteiger partial charge in [0.05, 0.1) is 0 Å². The van der Waals surface area contributed by atoms with Crippen molar-refractivity contribution in [2.45, 2.75) is 67.7 Å². The van der Waals surface area contributed by atoms with Gasteiger partial charge in [0.1, 0.15) is 5.82 Å². The molecule has 1 aliphatic rings. The first-order chi connectivity index (χ1) is 15.1. The number of carbonyl (C=O) groups excluding carboxylic acids is 1. The van der Waals surface area contributed by atoms with E-state index in [0.29, 0.717) is 12.3 Å². The minimum Gasteiger partial charge on any atom is -0.353 e. The Morgan fingerprint density at radius 3 is 2.38 bits per heavy atom. The van der Waals surface area contributed by atoms with Gasteiger partial charge in [-0.15, -0.1) is 0 Å². The van der Waals surface area contributed by atoms with Crippen molar-refractivity contribution >= 4 is 11.7 Å². The maximum Gasteiger partial charge on any atom is 0.222 e. The zero-order valence-corrected chi connectivity index (χ0v) is 21.0. The summed E-state index contributed by atoms with van der Waals surface area (Å²) in [6, 6.07) is 8.37. The minimum atomic E-state index is 0.259. The van der Waals surface area contributed by atoms with Crippen LogP contribution < -0.4 is 4.90 Å². The third-order valence-electron chi connectivity index (χ3n) is 6.24. The summed E-state index contributed by atoms with van der Waals surface area (Å²) in [5.74, 6) is 2.52. The Hall–Kier alpha value is -2.43. The van der Waals surface area contributed by atoms with Gasteiger partial charge in [-0.25, -0.2) is 9.97 Å². The van der Waals surface area contributed by atoms with Gasteiger partial charge in [0, 0.05) is 49.4 Å². The number of nitrogens with zero attached hydrogens (tertiary/aromatic N) is 4. The van der Waals surface area contributed by atoms with Gasteiger partial charge in [-0.3, -0.25) is 4.79 Å². The van der Waals surface area contributed by atoms with Gasteiger partial charge in [-0.05, 0) is 44.1 Å². The van der Waals surface area contributed by atoms with Crippen molar-refractivity contribution in [3.8, 4) is 11.4 Å². The topological polar surface area (TPSA) is 49.3 Å². The first-order valence-electron chi connectivity index (χ1n) is 12.0. The van der Waals surface area contributed by atoms with Crippen molar-refractivity contribution in [1.29, 1.82) is 0 Å².